The first-order valence-corrected chi connectivity index (χ1v) is 5.86. The van der Waals surface area contributed by atoms with Gasteiger partial charge in [-0.05, 0) is 25.0 Å². The predicted molar refractivity (Wildman–Crippen MR) is 66.7 cm³/mol. The van der Waals surface area contributed by atoms with Crippen molar-refractivity contribution in [2.45, 2.75) is 26.7 Å². The van der Waals surface area contributed by atoms with E-state index in [0.29, 0.717) is 24.2 Å². The van der Waals surface area contributed by atoms with E-state index in [1.807, 2.05) is 26.0 Å². The average molecular weight is 232 g/mol. The van der Waals surface area contributed by atoms with Crippen LogP contribution in [0.25, 0.3) is 0 Å². The molecule has 0 fully saturated rings. The number of anilines is 2. The fraction of sp³-hybridized carbons (Fsp3) is 0.385. The molecule has 0 unspecified atom stereocenters. The van der Waals surface area contributed by atoms with E-state index >= 15 is 0 Å². The van der Waals surface area contributed by atoms with Crippen LogP contribution in [0.3, 0.4) is 0 Å². The monoisotopic (exact) mass is 232 g/mol. The van der Waals surface area contributed by atoms with Crippen molar-refractivity contribution in [3.63, 3.8) is 0 Å². The van der Waals surface area contributed by atoms with Crippen LogP contribution >= 0.6 is 0 Å². The lowest BCUT2D eigenvalue weighted by Crippen LogP contribution is -2.43. The van der Waals surface area contributed by atoms with Gasteiger partial charge in [-0.1, -0.05) is 26.0 Å². The maximum Gasteiger partial charge on any atom is 0.240 e. The summed E-state index contributed by atoms with van der Waals surface area (Å²) in [5, 5.41) is 5.65. The van der Waals surface area contributed by atoms with E-state index in [1.165, 1.54) is 0 Å². The third-order valence-electron chi connectivity index (χ3n) is 3.50. The molecule has 2 amide bonds. The van der Waals surface area contributed by atoms with Crippen LogP contribution in [0.5, 0.6) is 0 Å². The van der Waals surface area contributed by atoms with Gasteiger partial charge in [0.25, 0.3) is 0 Å². The Morgan fingerprint density at radius 1 is 0.941 bits per heavy atom. The third-order valence-corrected chi connectivity index (χ3v) is 3.50. The second-order valence-corrected chi connectivity index (χ2v) is 4.24. The number of carbonyl (C=O) groups is 2. The molecule has 4 nitrogen and oxygen atoms in total. The molecule has 1 aromatic carbocycles. The number of para-hydroxylation sites is 2. The standard InChI is InChI=1S/C13H16N2O2/c1-3-13(4-2)11(16)14-9-7-5-6-8-10(9)15-12(13)17/h5-8H,3-4H2,1-2H3,(H,14,16)(H,15,17). The van der Waals surface area contributed by atoms with Crippen molar-refractivity contribution in [1.29, 1.82) is 0 Å². The van der Waals surface area contributed by atoms with E-state index in [4.69, 9.17) is 0 Å². The van der Waals surface area contributed by atoms with Crippen LogP contribution in [-0.4, -0.2) is 11.8 Å². The molecule has 1 heterocycles. The number of fused-ring (bicyclic) bond motifs is 1. The quantitative estimate of drug-likeness (QED) is 0.769. The molecule has 0 radical (unpaired) electrons. The highest BCUT2D eigenvalue weighted by molar-refractivity contribution is 6.18. The molecule has 1 aliphatic rings. The summed E-state index contributed by atoms with van der Waals surface area (Å²) in [5.41, 5.74) is 0.364. The van der Waals surface area contributed by atoms with Crippen LogP contribution in [0.4, 0.5) is 11.4 Å². The molecule has 0 atom stereocenters. The molecular weight excluding hydrogens is 216 g/mol. The van der Waals surface area contributed by atoms with Gasteiger partial charge in [0.05, 0.1) is 11.4 Å². The molecule has 0 saturated carbocycles. The second kappa shape index (κ2) is 4.20. The molecule has 2 rings (SSSR count). The Kier molecular flexibility index (Phi) is 2.88. The van der Waals surface area contributed by atoms with Crippen molar-refractivity contribution in [2.75, 3.05) is 10.6 Å². The molecule has 4 heteroatoms. The Balaban J connectivity index is 2.48. The maximum absolute atomic E-state index is 12.2. The third kappa shape index (κ3) is 1.69. The summed E-state index contributed by atoms with van der Waals surface area (Å²) in [7, 11) is 0. The van der Waals surface area contributed by atoms with Gasteiger partial charge in [0, 0.05) is 0 Å². The summed E-state index contributed by atoms with van der Waals surface area (Å²) < 4.78 is 0. The number of amides is 2. The van der Waals surface area contributed by atoms with Crippen LogP contribution in [0, 0.1) is 5.41 Å². The first kappa shape index (κ1) is 11.6. The molecular formula is C13H16N2O2. The van der Waals surface area contributed by atoms with Gasteiger partial charge in [-0.25, -0.2) is 0 Å². The van der Waals surface area contributed by atoms with Crippen molar-refractivity contribution in [3.8, 4) is 0 Å². The summed E-state index contributed by atoms with van der Waals surface area (Å²) >= 11 is 0. The first-order chi connectivity index (χ1) is 8.14. The Hall–Kier alpha value is -1.84. The fourth-order valence-electron chi connectivity index (χ4n) is 2.18. The van der Waals surface area contributed by atoms with Crippen LogP contribution in [0.1, 0.15) is 26.7 Å². The van der Waals surface area contributed by atoms with Crippen LogP contribution in [-0.2, 0) is 9.59 Å². The number of carbonyl (C=O) groups excluding carboxylic acids is 2. The van der Waals surface area contributed by atoms with Crippen LogP contribution < -0.4 is 10.6 Å². The second-order valence-electron chi connectivity index (χ2n) is 4.24. The Labute approximate surface area is 100 Å². The molecule has 2 N–H and O–H groups in total. The Morgan fingerprint density at radius 3 is 1.71 bits per heavy atom. The minimum atomic E-state index is -0.959. The van der Waals surface area contributed by atoms with Gasteiger partial charge in [-0.3, -0.25) is 9.59 Å². The lowest BCUT2D eigenvalue weighted by atomic mass is 9.80. The van der Waals surface area contributed by atoms with E-state index in [1.54, 1.807) is 12.1 Å². The zero-order chi connectivity index (χ0) is 12.5. The highest BCUT2D eigenvalue weighted by atomic mass is 16.2. The molecule has 17 heavy (non-hydrogen) atoms. The number of hydrogen-bond acceptors (Lipinski definition) is 2. The minimum Gasteiger partial charge on any atom is -0.323 e. The van der Waals surface area contributed by atoms with Crippen molar-refractivity contribution >= 4 is 23.2 Å². The molecule has 0 aromatic heterocycles. The van der Waals surface area contributed by atoms with Gasteiger partial charge in [0.1, 0.15) is 5.41 Å². The molecule has 0 spiro atoms. The zero-order valence-corrected chi connectivity index (χ0v) is 10.0. The topological polar surface area (TPSA) is 58.2 Å². The summed E-state index contributed by atoms with van der Waals surface area (Å²) in [6.45, 7) is 3.72. The Bertz CT molecular complexity index is 425. The van der Waals surface area contributed by atoms with Crippen LogP contribution in [0.2, 0.25) is 0 Å². The van der Waals surface area contributed by atoms with Gasteiger partial charge in [0.2, 0.25) is 11.8 Å². The van der Waals surface area contributed by atoms with Crippen molar-refractivity contribution < 1.29 is 9.59 Å². The largest absolute Gasteiger partial charge is 0.323 e. The molecule has 0 aliphatic carbocycles. The minimum absolute atomic E-state index is 0.218. The number of benzene rings is 1. The zero-order valence-electron chi connectivity index (χ0n) is 10.0. The predicted octanol–water partition coefficient (Wildman–Crippen LogP) is 2.38. The number of nitrogens with one attached hydrogen (secondary N) is 2. The fourth-order valence-corrected chi connectivity index (χ4v) is 2.18. The lowest BCUT2D eigenvalue weighted by Gasteiger charge is -2.25. The summed E-state index contributed by atoms with van der Waals surface area (Å²) in [6.07, 6.45) is 0.990. The highest BCUT2D eigenvalue weighted by Crippen LogP contribution is 2.35. The summed E-state index contributed by atoms with van der Waals surface area (Å²) in [6, 6.07) is 7.23. The first-order valence-electron chi connectivity index (χ1n) is 5.86. The van der Waals surface area contributed by atoms with Gasteiger partial charge in [-0.2, -0.15) is 0 Å². The number of hydrogen-bond donors (Lipinski definition) is 2. The van der Waals surface area contributed by atoms with E-state index in [9.17, 15) is 9.59 Å². The molecule has 0 bridgehead atoms. The van der Waals surface area contributed by atoms with Gasteiger partial charge >= 0.3 is 0 Å². The highest BCUT2D eigenvalue weighted by Gasteiger charge is 2.44. The SMILES string of the molecule is CCC1(CC)C(=O)Nc2ccccc2NC1=O. The molecule has 90 valence electrons. The van der Waals surface area contributed by atoms with Gasteiger partial charge in [-0.15, -0.1) is 0 Å². The number of rotatable bonds is 2. The van der Waals surface area contributed by atoms with E-state index in [-0.39, 0.29) is 11.8 Å². The Morgan fingerprint density at radius 2 is 1.35 bits per heavy atom. The van der Waals surface area contributed by atoms with Gasteiger partial charge < -0.3 is 10.6 Å². The smallest absolute Gasteiger partial charge is 0.240 e. The summed E-state index contributed by atoms with van der Waals surface area (Å²) in [5.74, 6) is -0.435. The van der Waals surface area contributed by atoms with Crippen molar-refractivity contribution in [1.82, 2.24) is 0 Å². The van der Waals surface area contributed by atoms with Crippen molar-refractivity contribution in [3.05, 3.63) is 24.3 Å². The van der Waals surface area contributed by atoms with E-state index in [0.717, 1.165) is 0 Å². The van der Waals surface area contributed by atoms with Gasteiger partial charge in [0.15, 0.2) is 0 Å². The average Bonchev–Trinajstić information content (AvgIpc) is 2.43. The molecule has 1 aliphatic heterocycles. The maximum atomic E-state index is 12.2. The van der Waals surface area contributed by atoms with E-state index in [2.05, 4.69) is 10.6 Å². The lowest BCUT2D eigenvalue weighted by molar-refractivity contribution is -0.137. The van der Waals surface area contributed by atoms with Crippen molar-refractivity contribution in [2.24, 2.45) is 5.41 Å². The normalized spacial score (nSPS) is 17.8. The molecule has 0 saturated heterocycles. The molecule has 1 aromatic rings. The summed E-state index contributed by atoms with van der Waals surface area (Å²) in [4.78, 5) is 24.4. The van der Waals surface area contributed by atoms with Crippen LogP contribution in [0.15, 0.2) is 24.3 Å². The van der Waals surface area contributed by atoms with E-state index < -0.39 is 5.41 Å².